The molecule has 8 aromatic carbocycles. The summed E-state index contributed by atoms with van der Waals surface area (Å²) < 4.78 is 64.8. The SMILES string of the molecule is CCF.Oc1ccc(N(c2ccccc2)c2ccc(-c3ccc(N(c4ccccc4)c4ccc(OC(F)C(F)(F)Oc5ccc6ccc(O)cc6c5)cc4)cc3)cc2)cc1. The first-order chi connectivity index (χ1) is 29.1. The minimum atomic E-state index is -4.31. The minimum absolute atomic E-state index is 0.0363. The van der Waals surface area contributed by atoms with Crippen LogP contribution in [0.15, 0.2) is 194 Å². The van der Waals surface area contributed by atoms with Gasteiger partial charge in [0.1, 0.15) is 23.0 Å². The van der Waals surface area contributed by atoms with Gasteiger partial charge in [0, 0.05) is 34.1 Å². The lowest BCUT2D eigenvalue weighted by Crippen LogP contribution is -2.40. The summed E-state index contributed by atoms with van der Waals surface area (Å²) >= 11 is 0. The Bertz CT molecular complexity index is 2600. The zero-order chi connectivity index (χ0) is 42.1. The molecule has 0 aliphatic carbocycles. The van der Waals surface area contributed by atoms with Crippen LogP contribution in [0.3, 0.4) is 0 Å². The topological polar surface area (TPSA) is 65.4 Å². The van der Waals surface area contributed by atoms with Crippen LogP contribution in [0, 0.1) is 0 Å². The van der Waals surface area contributed by atoms with Crippen LogP contribution >= 0.6 is 0 Å². The Labute approximate surface area is 345 Å². The summed E-state index contributed by atoms with van der Waals surface area (Å²) in [7, 11) is 0. The van der Waals surface area contributed by atoms with Gasteiger partial charge in [-0.05, 0) is 150 Å². The zero-order valence-corrected chi connectivity index (χ0v) is 32.4. The van der Waals surface area contributed by atoms with Crippen LogP contribution in [0.25, 0.3) is 21.9 Å². The molecule has 0 spiro atoms. The number of fused-ring (bicyclic) bond motifs is 1. The second kappa shape index (κ2) is 18.4. The lowest BCUT2D eigenvalue weighted by atomic mass is 10.0. The summed E-state index contributed by atoms with van der Waals surface area (Å²) in [5.41, 5.74) is 7.24. The van der Waals surface area contributed by atoms with Crippen molar-refractivity contribution >= 4 is 44.9 Å². The largest absolute Gasteiger partial charge is 0.508 e. The Morgan fingerprint density at radius 2 is 0.867 bits per heavy atom. The quantitative estimate of drug-likeness (QED) is 0.120. The van der Waals surface area contributed by atoms with Crippen molar-refractivity contribution in [3.05, 3.63) is 194 Å². The molecular formula is C50H40F4N2O4. The molecule has 8 rings (SSSR count). The van der Waals surface area contributed by atoms with Gasteiger partial charge in [-0.2, -0.15) is 13.2 Å². The number of nitrogens with zero attached hydrogens (tertiary/aromatic N) is 2. The number of aromatic hydroxyl groups is 2. The van der Waals surface area contributed by atoms with E-state index in [2.05, 4.69) is 29.2 Å². The van der Waals surface area contributed by atoms with Crippen LogP contribution in [0.4, 0.5) is 51.7 Å². The Morgan fingerprint density at radius 3 is 1.35 bits per heavy atom. The number of alkyl halides is 4. The highest BCUT2D eigenvalue weighted by molar-refractivity contribution is 5.85. The molecule has 1 unspecified atom stereocenters. The molecule has 2 N–H and O–H groups in total. The van der Waals surface area contributed by atoms with E-state index in [0.717, 1.165) is 39.6 Å². The van der Waals surface area contributed by atoms with Gasteiger partial charge in [0.15, 0.2) is 0 Å². The molecule has 1 atom stereocenters. The lowest BCUT2D eigenvalue weighted by molar-refractivity contribution is -0.267. The van der Waals surface area contributed by atoms with Crippen LogP contribution < -0.4 is 19.3 Å². The maximum atomic E-state index is 15.0. The zero-order valence-electron chi connectivity index (χ0n) is 32.4. The number of hydrogen-bond acceptors (Lipinski definition) is 6. The summed E-state index contributed by atoms with van der Waals surface area (Å²) in [6, 6.07) is 57.9. The van der Waals surface area contributed by atoms with Gasteiger partial charge in [-0.15, -0.1) is 0 Å². The molecule has 0 aromatic heterocycles. The van der Waals surface area contributed by atoms with Crippen molar-refractivity contribution < 1.29 is 37.2 Å². The Morgan fingerprint density at radius 1 is 0.483 bits per heavy atom. The van der Waals surface area contributed by atoms with Crippen LogP contribution in [0.1, 0.15) is 6.92 Å². The first-order valence-corrected chi connectivity index (χ1v) is 19.1. The van der Waals surface area contributed by atoms with Crippen molar-refractivity contribution in [1.82, 2.24) is 0 Å². The molecule has 0 saturated carbocycles. The molecule has 0 aliphatic rings. The van der Waals surface area contributed by atoms with Crippen molar-refractivity contribution in [3.63, 3.8) is 0 Å². The monoisotopic (exact) mass is 808 g/mol. The third kappa shape index (κ3) is 9.62. The molecule has 0 heterocycles. The third-order valence-electron chi connectivity index (χ3n) is 9.37. The Hall–Kier alpha value is -7.46. The Kier molecular flexibility index (Phi) is 12.5. The van der Waals surface area contributed by atoms with E-state index in [4.69, 9.17) is 9.47 Å². The van der Waals surface area contributed by atoms with E-state index in [1.165, 1.54) is 49.4 Å². The smallest absolute Gasteiger partial charge is 0.468 e. The maximum absolute atomic E-state index is 15.0. The van der Waals surface area contributed by atoms with Crippen molar-refractivity contribution in [1.29, 1.82) is 0 Å². The van der Waals surface area contributed by atoms with Gasteiger partial charge in [0.05, 0.1) is 6.67 Å². The minimum Gasteiger partial charge on any atom is -0.508 e. The van der Waals surface area contributed by atoms with Gasteiger partial charge >= 0.3 is 12.5 Å². The first-order valence-electron chi connectivity index (χ1n) is 19.1. The molecular weight excluding hydrogens is 769 g/mol. The number of rotatable bonds is 12. The van der Waals surface area contributed by atoms with E-state index in [9.17, 15) is 27.8 Å². The lowest BCUT2D eigenvalue weighted by Gasteiger charge is -2.26. The van der Waals surface area contributed by atoms with Crippen molar-refractivity contribution in [2.75, 3.05) is 16.5 Å². The average Bonchev–Trinajstić information content (AvgIpc) is 3.26. The fourth-order valence-electron chi connectivity index (χ4n) is 6.60. The van der Waals surface area contributed by atoms with Gasteiger partial charge in [-0.25, -0.2) is 0 Å². The molecule has 6 nitrogen and oxygen atoms in total. The number of hydrogen-bond donors (Lipinski definition) is 2. The molecule has 0 radical (unpaired) electrons. The van der Waals surface area contributed by atoms with Crippen LogP contribution in [-0.4, -0.2) is 29.4 Å². The average molecular weight is 809 g/mol. The second-order valence-electron chi connectivity index (χ2n) is 13.5. The summed E-state index contributed by atoms with van der Waals surface area (Å²) in [5, 5.41) is 20.8. The number of anilines is 6. The van der Waals surface area contributed by atoms with Crippen LogP contribution in [0.5, 0.6) is 23.0 Å². The normalized spacial score (nSPS) is 11.6. The van der Waals surface area contributed by atoms with E-state index < -0.39 is 12.5 Å². The highest BCUT2D eigenvalue weighted by Crippen LogP contribution is 2.39. The van der Waals surface area contributed by atoms with E-state index >= 15 is 0 Å². The molecule has 0 aliphatic heterocycles. The fraction of sp³-hybridized carbons (Fsp3) is 0.0800. The first kappa shape index (κ1) is 40.7. The molecule has 10 heteroatoms. The number of phenols is 2. The van der Waals surface area contributed by atoms with E-state index in [0.29, 0.717) is 16.5 Å². The number of para-hydroxylation sites is 2. The summed E-state index contributed by atoms with van der Waals surface area (Å²) in [4.78, 5) is 4.11. The fourth-order valence-corrected chi connectivity index (χ4v) is 6.60. The van der Waals surface area contributed by atoms with Gasteiger partial charge in [0.2, 0.25) is 0 Å². The highest BCUT2D eigenvalue weighted by atomic mass is 19.3. The van der Waals surface area contributed by atoms with Crippen LogP contribution in [-0.2, 0) is 0 Å². The molecule has 0 saturated heterocycles. The highest BCUT2D eigenvalue weighted by Gasteiger charge is 2.46. The summed E-state index contributed by atoms with van der Waals surface area (Å²) in [6.45, 7) is 1.21. The van der Waals surface area contributed by atoms with Crippen molar-refractivity contribution in [2.24, 2.45) is 0 Å². The predicted molar refractivity (Wildman–Crippen MR) is 231 cm³/mol. The van der Waals surface area contributed by atoms with Crippen molar-refractivity contribution in [3.8, 4) is 34.1 Å². The number of phenolic OH excluding ortho intramolecular Hbond substituents is 2. The van der Waals surface area contributed by atoms with Crippen LogP contribution in [0.2, 0.25) is 0 Å². The van der Waals surface area contributed by atoms with E-state index in [1.54, 1.807) is 30.3 Å². The van der Waals surface area contributed by atoms with E-state index in [-0.39, 0.29) is 29.7 Å². The number of halogens is 4. The summed E-state index contributed by atoms with van der Waals surface area (Å²) in [5.74, 6) is -0.225. The molecule has 0 fully saturated rings. The Balaban J connectivity index is 0.00000176. The molecule has 60 heavy (non-hydrogen) atoms. The van der Waals surface area contributed by atoms with Gasteiger partial charge in [-0.3, -0.25) is 4.39 Å². The van der Waals surface area contributed by atoms with Gasteiger partial charge in [0.25, 0.3) is 0 Å². The molecule has 302 valence electrons. The summed E-state index contributed by atoms with van der Waals surface area (Å²) in [6.07, 6.45) is -7.42. The van der Waals surface area contributed by atoms with Gasteiger partial charge in [-0.1, -0.05) is 72.8 Å². The maximum Gasteiger partial charge on any atom is 0.468 e. The number of ether oxygens (including phenoxy) is 2. The molecule has 0 amide bonds. The molecule has 8 aromatic rings. The van der Waals surface area contributed by atoms with E-state index in [1.807, 2.05) is 102 Å². The van der Waals surface area contributed by atoms with Crippen molar-refractivity contribution in [2.45, 2.75) is 19.4 Å². The van der Waals surface area contributed by atoms with Gasteiger partial charge < -0.3 is 29.5 Å². The number of benzene rings is 8. The second-order valence-corrected chi connectivity index (χ2v) is 13.5. The predicted octanol–water partition coefficient (Wildman–Crippen LogP) is 14.2. The standard InChI is InChI=1S/C48H35F3N2O4.C2H5F/c49-47(48(50,51)57-46-28-16-35-15-25-44(55)31-36(35)32-46)56-45-29-23-42(24-30-45)53(38-9-5-2-6-10-38)40-19-13-34(14-20-40)33-11-17-39(18-12-33)52(37-7-3-1-4-8-37)41-21-26-43(54)27-22-41;1-2-3/h1-32,47,54-55H;2H2,1H3. The molecule has 0 bridgehead atoms. The third-order valence-corrected chi connectivity index (χ3v) is 9.37.